The molecule has 0 atom stereocenters. The zero-order valence-electron chi connectivity index (χ0n) is 17.1. The van der Waals surface area contributed by atoms with E-state index in [2.05, 4.69) is 21.9 Å². The summed E-state index contributed by atoms with van der Waals surface area (Å²) in [6, 6.07) is 14.8. The summed E-state index contributed by atoms with van der Waals surface area (Å²) in [6.07, 6.45) is 0. The van der Waals surface area contributed by atoms with Crippen LogP contribution in [0.1, 0.15) is 17.5 Å². The van der Waals surface area contributed by atoms with Crippen LogP contribution in [0.5, 0.6) is 5.75 Å². The number of nitrogens with zero attached hydrogens (tertiary/aromatic N) is 5. The maximum Gasteiger partial charge on any atom is 0.293 e. The van der Waals surface area contributed by atoms with Gasteiger partial charge < -0.3 is 14.5 Å². The van der Waals surface area contributed by atoms with Crippen LogP contribution in [-0.2, 0) is 0 Å². The summed E-state index contributed by atoms with van der Waals surface area (Å²) in [6.45, 7) is 6.22. The van der Waals surface area contributed by atoms with Gasteiger partial charge in [0.15, 0.2) is 5.82 Å². The van der Waals surface area contributed by atoms with Crippen LogP contribution in [0.4, 0.5) is 0 Å². The van der Waals surface area contributed by atoms with Gasteiger partial charge in [-0.15, -0.1) is 5.10 Å². The molecule has 30 heavy (non-hydrogen) atoms. The zero-order chi connectivity index (χ0) is 21.1. The average Bonchev–Trinajstić information content (AvgIpc) is 3.24. The lowest BCUT2D eigenvalue weighted by molar-refractivity contribution is 0.0631. The second-order valence-corrected chi connectivity index (χ2v) is 7.54. The lowest BCUT2D eigenvalue weighted by Crippen LogP contribution is -2.48. The molecule has 0 bridgehead atoms. The van der Waals surface area contributed by atoms with Crippen LogP contribution in [-0.4, -0.2) is 70.3 Å². The topological polar surface area (TPSA) is 63.5 Å². The summed E-state index contributed by atoms with van der Waals surface area (Å²) in [4.78, 5) is 21.9. The van der Waals surface area contributed by atoms with Crippen molar-refractivity contribution in [3.05, 3.63) is 59.4 Å². The van der Waals surface area contributed by atoms with Gasteiger partial charge in [-0.05, 0) is 55.1 Å². The van der Waals surface area contributed by atoms with Crippen LogP contribution in [0.25, 0.3) is 17.1 Å². The van der Waals surface area contributed by atoms with E-state index in [0.29, 0.717) is 23.9 Å². The number of rotatable bonds is 5. The SMILES string of the molecule is CCN1CCN(C(=O)c2nc(-c3ccc(OC)cc3)n(-c3ccc(Cl)cc3)n2)CC1. The molecule has 1 amide bonds. The van der Waals surface area contributed by atoms with Crippen LogP contribution >= 0.6 is 11.6 Å². The number of piperazine rings is 1. The Morgan fingerprint density at radius 1 is 1.03 bits per heavy atom. The number of carbonyl (C=O) groups excluding carboxylic acids is 1. The first-order chi connectivity index (χ1) is 14.6. The summed E-state index contributed by atoms with van der Waals surface area (Å²) in [5.41, 5.74) is 1.63. The summed E-state index contributed by atoms with van der Waals surface area (Å²) in [7, 11) is 1.63. The highest BCUT2D eigenvalue weighted by Gasteiger charge is 2.26. The lowest BCUT2D eigenvalue weighted by Gasteiger charge is -2.33. The molecule has 0 aliphatic carbocycles. The summed E-state index contributed by atoms with van der Waals surface area (Å²) in [5.74, 6) is 1.39. The molecule has 7 nitrogen and oxygen atoms in total. The van der Waals surface area contributed by atoms with Gasteiger partial charge in [0.05, 0.1) is 12.8 Å². The van der Waals surface area contributed by atoms with Crippen molar-refractivity contribution in [3.63, 3.8) is 0 Å². The highest BCUT2D eigenvalue weighted by molar-refractivity contribution is 6.30. The van der Waals surface area contributed by atoms with Crippen molar-refractivity contribution in [2.75, 3.05) is 39.8 Å². The highest BCUT2D eigenvalue weighted by Crippen LogP contribution is 2.25. The average molecular weight is 426 g/mol. The third-order valence-corrected chi connectivity index (χ3v) is 5.58. The molecule has 1 aromatic heterocycles. The Kier molecular flexibility index (Phi) is 6.01. The van der Waals surface area contributed by atoms with Crippen LogP contribution < -0.4 is 4.74 Å². The van der Waals surface area contributed by atoms with Gasteiger partial charge in [0, 0.05) is 36.8 Å². The Labute approximate surface area is 180 Å². The molecular weight excluding hydrogens is 402 g/mol. The fourth-order valence-corrected chi connectivity index (χ4v) is 3.63. The first-order valence-corrected chi connectivity index (χ1v) is 10.4. The van der Waals surface area contributed by atoms with Crippen LogP contribution in [0.2, 0.25) is 5.02 Å². The molecule has 0 radical (unpaired) electrons. The van der Waals surface area contributed by atoms with Crippen molar-refractivity contribution in [1.29, 1.82) is 0 Å². The van der Waals surface area contributed by atoms with Crippen LogP contribution in [0.3, 0.4) is 0 Å². The highest BCUT2D eigenvalue weighted by atomic mass is 35.5. The van der Waals surface area contributed by atoms with Crippen LogP contribution in [0, 0.1) is 0 Å². The number of hydrogen-bond acceptors (Lipinski definition) is 5. The van der Waals surface area contributed by atoms with Gasteiger partial charge in [-0.3, -0.25) is 4.79 Å². The molecule has 4 rings (SSSR count). The fraction of sp³-hybridized carbons (Fsp3) is 0.318. The van der Waals surface area contributed by atoms with Gasteiger partial charge in [0.25, 0.3) is 5.91 Å². The molecule has 1 saturated heterocycles. The van der Waals surface area contributed by atoms with Crippen molar-refractivity contribution in [1.82, 2.24) is 24.6 Å². The van der Waals surface area contributed by atoms with E-state index in [0.717, 1.165) is 36.6 Å². The molecule has 0 N–H and O–H groups in total. The number of aromatic nitrogens is 3. The second-order valence-electron chi connectivity index (χ2n) is 7.10. The smallest absolute Gasteiger partial charge is 0.293 e. The molecule has 1 aliphatic heterocycles. The fourth-order valence-electron chi connectivity index (χ4n) is 3.50. The number of benzene rings is 2. The Morgan fingerprint density at radius 3 is 2.30 bits per heavy atom. The van der Waals surface area contributed by atoms with E-state index >= 15 is 0 Å². The molecule has 1 fully saturated rings. The number of halogens is 1. The molecule has 8 heteroatoms. The number of amides is 1. The van der Waals surface area contributed by atoms with Gasteiger partial charge in [-0.1, -0.05) is 18.5 Å². The largest absolute Gasteiger partial charge is 0.497 e. The minimum atomic E-state index is -0.145. The van der Waals surface area contributed by atoms with E-state index in [4.69, 9.17) is 16.3 Å². The third kappa shape index (κ3) is 4.17. The first kappa shape index (κ1) is 20.4. The maximum absolute atomic E-state index is 13.1. The van der Waals surface area contributed by atoms with Crippen molar-refractivity contribution in [2.24, 2.45) is 0 Å². The maximum atomic E-state index is 13.1. The van der Waals surface area contributed by atoms with E-state index in [1.54, 1.807) is 23.9 Å². The molecular formula is C22H24ClN5O2. The van der Waals surface area contributed by atoms with E-state index in [1.165, 1.54) is 0 Å². The molecule has 1 aliphatic rings. The predicted octanol–water partition coefficient (Wildman–Crippen LogP) is 3.37. The van der Waals surface area contributed by atoms with E-state index in [-0.39, 0.29) is 11.7 Å². The van der Waals surface area contributed by atoms with E-state index in [9.17, 15) is 4.79 Å². The Hall–Kier alpha value is -2.90. The summed E-state index contributed by atoms with van der Waals surface area (Å²) in [5, 5.41) is 5.20. The number of likely N-dealkylation sites (N-methyl/N-ethyl adjacent to an activating group) is 1. The predicted molar refractivity (Wildman–Crippen MR) is 116 cm³/mol. The summed E-state index contributed by atoms with van der Waals surface area (Å²) < 4.78 is 6.94. The van der Waals surface area contributed by atoms with Crippen molar-refractivity contribution in [2.45, 2.75) is 6.92 Å². The molecule has 0 saturated carbocycles. The number of ether oxygens (including phenoxy) is 1. The minimum absolute atomic E-state index is 0.145. The van der Waals surface area contributed by atoms with Gasteiger partial charge in [0.2, 0.25) is 5.82 Å². The van der Waals surface area contributed by atoms with Gasteiger partial charge >= 0.3 is 0 Å². The zero-order valence-corrected chi connectivity index (χ0v) is 17.8. The summed E-state index contributed by atoms with van der Waals surface area (Å²) >= 11 is 6.05. The normalized spacial score (nSPS) is 14.7. The minimum Gasteiger partial charge on any atom is -0.497 e. The molecule has 156 valence electrons. The van der Waals surface area contributed by atoms with E-state index < -0.39 is 0 Å². The van der Waals surface area contributed by atoms with Gasteiger partial charge in [-0.2, -0.15) is 0 Å². The molecule has 2 aromatic carbocycles. The number of carbonyl (C=O) groups is 1. The Balaban J connectivity index is 1.70. The first-order valence-electron chi connectivity index (χ1n) is 9.98. The quantitative estimate of drug-likeness (QED) is 0.627. The van der Waals surface area contributed by atoms with Crippen molar-refractivity contribution in [3.8, 4) is 22.8 Å². The van der Waals surface area contributed by atoms with Gasteiger partial charge in [0.1, 0.15) is 5.75 Å². The monoisotopic (exact) mass is 425 g/mol. The van der Waals surface area contributed by atoms with Gasteiger partial charge in [-0.25, -0.2) is 9.67 Å². The molecule has 0 spiro atoms. The van der Waals surface area contributed by atoms with Crippen molar-refractivity contribution < 1.29 is 9.53 Å². The van der Waals surface area contributed by atoms with E-state index in [1.807, 2.05) is 41.3 Å². The number of methoxy groups -OCH3 is 1. The third-order valence-electron chi connectivity index (χ3n) is 5.32. The second kappa shape index (κ2) is 8.85. The lowest BCUT2D eigenvalue weighted by atomic mass is 10.2. The molecule has 0 unspecified atom stereocenters. The Morgan fingerprint density at radius 2 is 1.70 bits per heavy atom. The standard InChI is InChI=1S/C22H24ClN5O2/c1-3-26-12-14-27(15-13-26)22(29)20-24-21(16-4-10-19(30-2)11-5-16)28(25-20)18-8-6-17(23)7-9-18/h4-11H,3,12-15H2,1-2H3. The molecule has 2 heterocycles. The Bertz CT molecular complexity index is 1010. The number of hydrogen-bond donors (Lipinski definition) is 0. The van der Waals surface area contributed by atoms with Crippen molar-refractivity contribution >= 4 is 17.5 Å². The van der Waals surface area contributed by atoms with Crippen LogP contribution in [0.15, 0.2) is 48.5 Å². The molecule has 3 aromatic rings.